The van der Waals surface area contributed by atoms with Gasteiger partial charge >= 0.3 is 12.2 Å². The van der Waals surface area contributed by atoms with Crippen LogP contribution >= 0.6 is 0 Å². The summed E-state index contributed by atoms with van der Waals surface area (Å²) in [7, 11) is 0. The van der Waals surface area contributed by atoms with E-state index in [0.29, 0.717) is 6.61 Å². The minimum Gasteiger partial charge on any atom is -0.450 e. The van der Waals surface area contributed by atoms with Crippen LogP contribution in [-0.2, 0) is 9.47 Å². The Kier molecular flexibility index (Phi) is 11.3. The van der Waals surface area contributed by atoms with Crippen LogP contribution in [0.1, 0.15) is 13.8 Å². The minimum atomic E-state index is -0.817. The van der Waals surface area contributed by atoms with Crippen molar-refractivity contribution in [3.63, 3.8) is 0 Å². The summed E-state index contributed by atoms with van der Waals surface area (Å²) in [4.78, 5) is 19.4. The van der Waals surface area contributed by atoms with Gasteiger partial charge in [0.1, 0.15) is 0 Å². The predicted molar refractivity (Wildman–Crippen MR) is 43.2 cm³/mol. The van der Waals surface area contributed by atoms with Crippen molar-refractivity contribution in [2.24, 2.45) is 5.73 Å². The van der Waals surface area contributed by atoms with Gasteiger partial charge in [-0.25, -0.2) is 15.1 Å². The van der Waals surface area contributed by atoms with Gasteiger partial charge in [-0.15, -0.1) is 0 Å². The average molecular weight is 194 g/mol. The van der Waals surface area contributed by atoms with Crippen LogP contribution in [0.3, 0.4) is 0 Å². The quantitative estimate of drug-likeness (QED) is 0.430. The summed E-state index contributed by atoms with van der Waals surface area (Å²) in [5.74, 6) is 0. The highest BCUT2D eigenvalue weighted by molar-refractivity contribution is 5.65. The maximum Gasteiger partial charge on any atom is 0.431 e. The zero-order valence-corrected chi connectivity index (χ0v) is 7.57. The fourth-order valence-electron chi connectivity index (χ4n) is 0.306. The number of amides is 2. The first-order valence-electron chi connectivity index (χ1n) is 3.57. The number of primary amides is 1. The normalized spacial score (nSPS) is 7.62. The molecule has 0 bridgehead atoms. The molecule has 0 saturated carbocycles. The van der Waals surface area contributed by atoms with Crippen LogP contribution < -0.4 is 11.2 Å². The molecule has 4 N–H and O–H groups in total. The van der Waals surface area contributed by atoms with Crippen LogP contribution in [0.15, 0.2) is 0 Å². The summed E-state index contributed by atoms with van der Waals surface area (Å²) in [6.07, 6.45) is -1.53. The van der Waals surface area contributed by atoms with E-state index in [9.17, 15) is 9.59 Å². The van der Waals surface area contributed by atoms with E-state index in [-0.39, 0.29) is 6.61 Å². The van der Waals surface area contributed by atoms with Crippen molar-refractivity contribution < 1.29 is 24.3 Å². The van der Waals surface area contributed by atoms with Crippen LogP contribution in [0.2, 0.25) is 0 Å². The second-order valence-corrected chi connectivity index (χ2v) is 1.58. The summed E-state index contributed by atoms with van der Waals surface area (Å²) in [5, 5.41) is 7.74. The smallest absolute Gasteiger partial charge is 0.431 e. The third-order valence-electron chi connectivity index (χ3n) is 0.653. The van der Waals surface area contributed by atoms with Crippen molar-refractivity contribution in [2.75, 3.05) is 13.2 Å². The molecular weight excluding hydrogens is 180 g/mol. The van der Waals surface area contributed by atoms with Crippen LogP contribution in [0, 0.1) is 0 Å². The highest BCUT2D eigenvalue weighted by Gasteiger charge is 1.91. The number of hydrogen-bond acceptors (Lipinski definition) is 5. The number of nitrogens with two attached hydrogens (primary N) is 1. The molecule has 0 radical (unpaired) electrons. The second-order valence-electron chi connectivity index (χ2n) is 1.58. The largest absolute Gasteiger partial charge is 0.450 e. The SMILES string of the molecule is CCOC(=O)NO.CCOC(N)=O. The van der Waals surface area contributed by atoms with E-state index in [1.54, 1.807) is 13.8 Å². The van der Waals surface area contributed by atoms with Crippen molar-refractivity contribution in [2.45, 2.75) is 13.8 Å². The van der Waals surface area contributed by atoms with E-state index in [1.807, 2.05) is 0 Å². The van der Waals surface area contributed by atoms with Gasteiger partial charge in [0.05, 0.1) is 13.2 Å². The van der Waals surface area contributed by atoms with E-state index in [1.165, 1.54) is 5.48 Å². The first-order valence-corrected chi connectivity index (χ1v) is 3.57. The minimum absolute atomic E-state index is 0.270. The third-order valence-corrected chi connectivity index (χ3v) is 0.653. The highest BCUT2D eigenvalue weighted by atomic mass is 16.6. The molecule has 0 aromatic rings. The summed E-state index contributed by atoms with van der Waals surface area (Å²) in [5.41, 5.74) is 5.85. The lowest BCUT2D eigenvalue weighted by molar-refractivity contribution is 0.0929. The molecule has 78 valence electrons. The number of rotatable bonds is 2. The van der Waals surface area contributed by atoms with E-state index < -0.39 is 12.2 Å². The summed E-state index contributed by atoms with van der Waals surface area (Å²) < 4.78 is 8.37. The Morgan fingerprint density at radius 3 is 1.85 bits per heavy atom. The third kappa shape index (κ3) is 18.0. The van der Waals surface area contributed by atoms with Gasteiger partial charge in [0, 0.05) is 0 Å². The Labute approximate surface area is 75.8 Å². The molecule has 0 spiro atoms. The van der Waals surface area contributed by atoms with Gasteiger partial charge in [-0.2, -0.15) is 0 Å². The molecule has 0 saturated heterocycles. The Balaban J connectivity index is 0. The number of hydrogen-bond donors (Lipinski definition) is 3. The van der Waals surface area contributed by atoms with Gasteiger partial charge in [0.25, 0.3) is 0 Å². The number of nitrogens with one attached hydrogen (secondary N) is 1. The maximum absolute atomic E-state index is 9.83. The average Bonchev–Trinajstić information content (AvgIpc) is 2.05. The summed E-state index contributed by atoms with van der Waals surface area (Å²) in [6, 6.07) is 0. The van der Waals surface area contributed by atoms with Crippen molar-refractivity contribution >= 4 is 12.2 Å². The molecular formula is C6H14N2O5. The molecule has 0 aliphatic heterocycles. The zero-order chi connectivity index (χ0) is 10.7. The van der Waals surface area contributed by atoms with Crippen LogP contribution in [0.25, 0.3) is 0 Å². The lowest BCUT2D eigenvalue weighted by atomic mass is 10.9. The van der Waals surface area contributed by atoms with Crippen molar-refractivity contribution in [3.8, 4) is 0 Å². The van der Waals surface area contributed by atoms with Gasteiger partial charge < -0.3 is 15.2 Å². The van der Waals surface area contributed by atoms with Gasteiger partial charge in [0.2, 0.25) is 0 Å². The van der Waals surface area contributed by atoms with Crippen molar-refractivity contribution in [3.05, 3.63) is 0 Å². The summed E-state index contributed by atoms with van der Waals surface area (Å²) in [6.45, 7) is 3.97. The molecule has 7 heteroatoms. The Morgan fingerprint density at radius 2 is 1.77 bits per heavy atom. The topological polar surface area (TPSA) is 111 Å². The molecule has 0 fully saturated rings. The molecule has 0 rings (SSSR count). The lowest BCUT2D eigenvalue weighted by Gasteiger charge is -1.94. The number of ether oxygens (including phenoxy) is 2. The van der Waals surface area contributed by atoms with E-state index in [2.05, 4.69) is 15.2 Å². The molecule has 0 unspecified atom stereocenters. The Hall–Kier alpha value is -1.50. The number of carbonyl (C=O) groups is 2. The van der Waals surface area contributed by atoms with Gasteiger partial charge in [-0.05, 0) is 13.8 Å². The molecule has 13 heavy (non-hydrogen) atoms. The van der Waals surface area contributed by atoms with E-state index in [4.69, 9.17) is 5.21 Å². The van der Waals surface area contributed by atoms with Crippen molar-refractivity contribution in [1.29, 1.82) is 0 Å². The molecule has 0 heterocycles. The van der Waals surface area contributed by atoms with E-state index in [0.717, 1.165) is 0 Å². The fraction of sp³-hybridized carbons (Fsp3) is 0.667. The van der Waals surface area contributed by atoms with Crippen LogP contribution in [-0.4, -0.2) is 30.6 Å². The lowest BCUT2D eigenvalue weighted by Crippen LogP contribution is -2.19. The number of carbonyl (C=O) groups excluding carboxylic acids is 2. The van der Waals surface area contributed by atoms with Crippen molar-refractivity contribution in [1.82, 2.24) is 5.48 Å². The predicted octanol–water partition coefficient (Wildman–Crippen LogP) is 0.223. The molecule has 0 atom stereocenters. The van der Waals surface area contributed by atoms with Crippen LogP contribution in [0.4, 0.5) is 9.59 Å². The molecule has 0 aromatic carbocycles. The Bertz CT molecular complexity index is 150. The summed E-state index contributed by atoms with van der Waals surface area (Å²) >= 11 is 0. The van der Waals surface area contributed by atoms with Crippen LogP contribution in [0.5, 0.6) is 0 Å². The monoisotopic (exact) mass is 194 g/mol. The first-order chi connectivity index (χ1) is 6.08. The molecule has 0 aliphatic rings. The van der Waals surface area contributed by atoms with Gasteiger partial charge in [-0.1, -0.05) is 0 Å². The molecule has 0 aromatic heterocycles. The molecule has 0 aliphatic carbocycles. The van der Waals surface area contributed by atoms with E-state index >= 15 is 0 Å². The second kappa shape index (κ2) is 10.5. The highest BCUT2D eigenvalue weighted by Crippen LogP contribution is 1.70. The molecule has 2 amide bonds. The van der Waals surface area contributed by atoms with Gasteiger partial charge in [0.15, 0.2) is 0 Å². The zero-order valence-electron chi connectivity index (χ0n) is 7.57. The number of hydroxylamine groups is 1. The maximum atomic E-state index is 9.83. The standard InChI is InChI=1S/C3H7NO3.C3H7NO2/c1-2-7-3(5)4-6;1-2-6-3(4)5/h6H,2H2,1H3,(H,4,5);2H2,1H3,(H2,4,5). The fourth-order valence-corrected chi connectivity index (χ4v) is 0.306. The first kappa shape index (κ1) is 14.0. The molecule has 7 nitrogen and oxygen atoms in total. The van der Waals surface area contributed by atoms with Gasteiger partial charge in [-0.3, -0.25) is 5.21 Å². The Morgan fingerprint density at radius 1 is 1.31 bits per heavy atom.